The molecule has 0 aromatic carbocycles. The molecule has 1 radical (unpaired) electrons. The maximum atomic E-state index is 11.7. The molecule has 9 heavy (non-hydrogen) atoms. The zero-order chi connectivity index (χ0) is 6.91. The molecule has 0 aromatic rings. The lowest BCUT2D eigenvalue weighted by Gasteiger charge is -2.13. The number of hydrogen-bond acceptors (Lipinski definition) is 1. The van der Waals surface area contributed by atoms with Crippen LogP contribution in [0.3, 0.4) is 0 Å². The third kappa shape index (κ3) is 1.61. The first-order chi connectivity index (χ1) is 4.11. The third-order valence-electron chi connectivity index (χ3n) is 0.933. The van der Waals surface area contributed by atoms with E-state index in [1.165, 1.54) is 0 Å². The molecule has 1 aliphatic rings. The van der Waals surface area contributed by atoms with E-state index in [1.807, 2.05) is 0 Å². The predicted octanol–water partition coefficient (Wildman–Crippen LogP) is 1.43. The fraction of sp³-hybridized carbons (Fsp3) is 0.750. The van der Waals surface area contributed by atoms with Crippen LogP contribution in [0, 0.1) is 0 Å². The highest BCUT2D eigenvalue weighted by Crippen LogP contribution is 2.44. The quantitative estimate of drug-likeness (QED) is 0.509. The van der Waals surface area contributed by atoms with E-state index in [1.54, 1.807) is 0 Å². The first-order valence-corrected chi connectivity index (χ1v) is 3.90. The van der Waals surface area contributed by atoms with E-state index in [9.17, 15) is 13.2 Å². The Balaban J connectivity index is 2.53. The largest absolute Gasteiger partial charge is 0.428 e. The van der Waals surface area contributed by atoms with Crippen molar-refractivity contribution < 1.29 is 13.2 Å². The Morgan fingerprint density at radius 3 is 2.33 bits per heavy atom. The number of aliphatic imine (C=N–C) groups is 1. The molecule has 1 heterocycles. The van der Waals surface area contributed by atoms with Gasteiger partial charge in [0.05, 0.1) is 0 Å². The minimum Gasteiger partial charge on any atom is -0.276 e. The van der Waals surface area contributed by atoms with Crippen LogP contribution in [-0.2, 0) is 0 Å². The van der Waals surface area contributed by atoms with Crippen LogP contribution in [0.1, 0.15) is 0 Å². The molecular weight excluding hydrogens is 151 g/mol. The van der Waals surface area contributed by atoms with Crippen molar-refractivity contribution in [2.24, 2.45) is 4.99 Å². The fourth-order valence-corrected chi connectivity index (χ4v) is 1.56. The summed E-state index contributed by atoms with van der Waals surface area (Å²) < 4.78 is 35.0. The van der Waals surface area contributed by atoms with Gasteiger partial charge >= 0.3 is 5.51 Å². The zero-order valence-corrected chi connectivity index (χ0v) is 5.34. The van der Waals surface area contributed by atoms with Crippen LogP contribution in [0.2, 0.25) is 0 Å². The van der Waals surface area contributed by atoms with Crippen molar-refractivity contribution in [3.63, 3.8) is 0 Å². The summed E-state index contributed by atoms with van der Waals surface area (Å²) >= 11 is 0. The molecule has 0 saturated carbocycles. The standard InChI is InChI=1S/C4H5F3NS/c5-4(6,7)9-2-1-8-3-9/h9H,1-2H2. The Morgan fingerprint density at radius 2 is 2.11 bits per heavy atom. The Labute approximate surface area is 53.3 Å². The summed E-state index contributed by atoms with van der Waals surface area (Å²) in [4.78, 5) is 3.39. The molecule has 0 amide bonds. The van der Waals surface area contributed by atoms with Gasteiger partial charge in [-0.25, -0.2) is 0 Å². The molecule has 1 rings (SSSR count). The van der Waals surface area contributed by atoms with E-state index < -0.39 is 16.4 Å². The Morgan fingerprint density at radius 1 is 1.44 bits per heavy atom. The molecule has 0 spiro atoms. The molecule has 0 aliphatic carbocycles. The Bertz CT molecular complexity index is 130. The first-order valence-electron chi connectivity index (χ1n) is 2.37. The van der Waals surface area contributed by atoms with Gasteiger partial charge in [0.2, 0.25) is 0 Å². The van der Waals surface area contributed by atoms with Gasteiger partial charge in [-0.05, 0) is 0 Å². The highest BCUT2D eigenvalue weighted by atomic mass is 32.2. The lowest BCUT2D eigenvalue weighted by atomic mass is 10.8. The number of alkyl halides is 3. The monoisotopic (exact) mass is 156 g/mol. The van der Waals surface area contributed by atoms with Gasteiger partial charge in [-0.2, -0.15) is 13.2 Å². The summed E-state index contributed by atoms with van der Waals surface area (Å²) in [5.74, 6) is 0.138. The SMILES string of the molecule is FC(F)(F)[SH]1[C]=NCC1. The summed E-state index contributed by atoms with van der Waals surface area (Å²) in [5.41, 5.74) is -2.00. The van der Waals surface area contributed by atoms with E-state index >= 15 is 0 Å². The van der Waals surface area contributed by atoms with Crippen LogP contribution in [-0.4, -0.2) is 23.4 Å². The molecule has 0 aromatic heterocycles. The normalized spacial score (nSPS) is 31.2. The average Bonchev–Trinajstić information content (AvgIpc) is 2.08. The van der Waals surface area contributed by atoms with Gasteiger partial charge in [0.25, 0.3) is 0 Å². The van der Waals surface area contributed by atoms with Crippen LogP contribution >= 0.6 is 10.9 Å². The number of rotatable bonds is 0. The summed E-state index contributed by atoms with van der Waals surface area (Å²) in [6.45, 7) is 0.297. The molecule has 0 saturated heterocycles. The van der Waals surface area contributed by atoms with Gasteiger partial charge in [0.1, 0.15) is 5.55 Å². The van der Waals surface area contributed by atoms with Gasteiger partial charge in [-0.3, -0.25) is 4.99 Å². The fourth-order valence-electron chi connectivity index (χ4n) is 0.519. The summed E-state index contributed by atoms with van der Waals surface area (Å²) in [7, 11) is -2.00. The number of thiol groups is 1. The van der Waals surface area contributed by atoms with Crippen molar-refractivity contribution in [3.8, 4) is 0 Å². The van der Waals surface area contributed by atoms with Crippen LogP contribution in [0.25, 0.3) is 0 Å². The van der Waals surface area contributed by atoms with Crippen molar-refractivity contribution in [3.05, 3.63) is 0 Å². The second kappa shape index (κ2) is 2.21. The maximum Gasteiger partial charge on any atom is 0.428 e. The molecule has 0 N–H and O–H groups in total. The molecule has 1 unspecified atom stereocenters. The highest BCUT2D eigenvalue weighted by Gasteiger charge is 2.36. The summed E-state index contributed by atoms with van der Waals surface area (Å²) in [5, 5.41) is 0. The van der Waals surface area contributed by atoms with E-state index in [2.05, 4.69) is 10.5 Å². The summed E-state index contributed by atoms with van der Waals surface area (Å²) in [6.07, 6.45) is 0. The van der Waals surface area contributed by atoms with Crippen molar-refractivity contribution in [1.82, 2.24) is 0 Å². The number of hydrogen-bond donors (Lipinski definition) is 1. The maximum absolute atomic E-state index is 11.7. The van der Waals surface area contributed by atoms with Crippen molar-refractivity contribution in [2.45, 2.75) is 5.51 Å². The van der Waals surface area contributed by atoms with Crippen LogP contribution < -0.4 is 0 Å². The second-order valence-corrected chi connectivity index (χ2v) is 3.61. The van der Waals surface area contributed by atoms with Crippen LogP contribution in [0.5, 0.6) is 0 Å². The van der Waals surface area contributed by atoms with Crippen molar-refractivity contribution in [2.75, 3.05) is 12.3 Å². The molecular formula is C4H5F3NS. The second-order valence-electron chi connectivity index (χ2n) is 1.60. The Kier molecular flexibility index (Phi) is 1.70. The topological polar surface area (TPSA) is 12.4 Å². The molecule has 1 aliphatic heterocycles. The molecule has 1 nitrogen and oxygen atoms in total. The van der Waals surface area contributed by atoms with Crippen LogP contribution in [0.15, 0.2) is 4.99 Å². The predicted molar refractivity (Wildman–Crippen MR) is 32.2 cm³/mol. The van der Waals surface area contributed by atoms with Gasteiger partial charge < -0.3 is 0 Å². The summed E-state index contributed by atoms with van der Waals surface area (Å²) in [6, 6.07) is 0. The number of nitrogens with zero attached hydrogens (tertiary/aromatic N) is 1. The lowest BCUT2D eigenvalue weighted by Crippen LogP contribution is -2.09. The molecule has 53 valence electrons. The van der Waals surface area contributed by atoms with E-state index in [0.29, 0.717) is 6.54 Å². The van der Waals surface area contributed by atoms with Crippen molar-refractivity contribution >= 4 is 16.4 Å². The average molecular weight is 156 g/mol. The lowest BCUT2D eigenvalue weighted by molar-refractivity contribution is -0.0338. The van der Waals surface area contributed by atoms with Gasteiger partial charge in [-0.15, -0.1) is 10.9 Å². The molecule has 0 bridgehead atoms. The molecule has 5 heteroatoms. The minimum absolute atomic E-state index is 0.138. The van der Waals surface area contributed by atoms with Crippen LogP contribution in [0.4, 0.5) is 13.2 Å². The van der Waals surface area contributed by atoms with Gasteiger partial charge in [-0.1, -0.05) is 0 Å². The van der Waals surface area contributed by atoms with E-state index in [4.69, 9.17) is 0 Å². The van der Waals surface area contributed by atoms with Gasteiger partial charge in [0.15, 0.2) is 0 Å². The smallest absolute Gasteiger partial charge is 0.276 e. The molecule has 0 fully saturated rings. The first kappa shape index (κ1) is 6.92. The third-order valence-corrected chi connectivity index (χ3v) is 2.58. The molecule has 1 atom stereocenters. The van der Waals surface area contributed by atoms with E-state index in [0.717, 1.165) is 0 Å². The van der Waals surface area contributed by atoms with Gasteiger partial charge in [0, 0.05) is 12.3 Å². The van der Waals surface area contributed by atoms with Crippen molar-refractivity contribution in [1.29, 1.82) is 0 Å². The minimum atomic E-state index is -4.06. The highest BCUT2D eigenvalue weighted by molar-refractivity contribution is 8.29. The number of halogens is 3. The zero-order valence-electron chi connectivity index (χ0n) is 4.44. The Hall–Kier alpha value is -0.190. The van der Waals surface area contributed by atoms with E-state index in [-0.39, 0.29) is 5.75 Å².